The van der Waals surface area contributed by atoms with Crippen LogP contribution in [0.4, 0.5) is 13.2 Å². The number of carboxylic acid groups (broad SMARTS) is 1. The molecule has 0 fully saturated rings. The van der Waals surface area contributed by atoms with Crippen LogP contribution in [0.2, 0.25) is 0 Å². The van der Waals surface area contributed by atoms with E-state index in [4.69, 9.17) is 15.6 Å². The number of halogens is 3. The predicted molar refractivity (Wildman–Crippen MR) is 126 cm³/mol. The van der Waals surface area contributed by atoms with Crippen LogP contribution in [0.25, 0.3) is 11.1 Å². The Morgan fingerprint density at radius 2 is 1.59 bits per heavy atom. The van der Waals surface area contributed by atoms with Crippen LogP contribution in [0.15, 0.2) is 72.8 Å². The minimum absolute atomic E-state index is 0.125. The summed E-state index contributed by atoms with van der Waals surface area (Å²) in [7, 11) is 0. The van der Waals surface area contributed by atoms with Crippen LogP contribution < -0.4 is 5.32 Å². The van der Waals surface area contributed by atoms with Crippen molar-refractivity contribution >= 4 is 11.7 Å². The summed E-state index contributed by atoms with van der Waals surface area (Å²) in [6.07, 6.45) is -4.30. The molecule has 8 heteroatoms. The maximum Gasteiger partial charge on any atom is 0.417 e. The van der Waals surface area contributed by atoms with Crippen molar-refractivity contribution in [3.05, 3.63) is 95.1 Å². The van der Waals surface area contributed by atoms with Crippen molar-refractivity contribution in [1.29, 1.82) is 5.41 Å². The van der Waals surface area contributed by atoms with Gasteiger partial charge in [0.25, 0.3) is 0 Å². The summed E-state index contributed by atoms with van der Waals surface area (Å²) in [5.74, 6) is -0.790. The molecular weight excluding hydrogens is 445 g/mol. The molecule has 0 amide bonds. The number of aliphatic hydroxyl groups is 1. The molecule has 0 radical (unpaired) electrons. The molecule has 0 aliphatic rings. The third-order valence-corrected chi connectivity index (χ3v) is 4.89. The van der Waals surface area contributed by atoms with Gasteiger partial charge in [-0.1, -0.05) is 66.7 Å². The Morgan fingerprint density at radius 1 is 0.971 bits per heavy atom. The molecule has 3 rings (SSSR count). The molecule has 0 heterocycles. The average molecular weight is 473 g/mol. The number of hydrogen-bond donors (Lipinski definition) is 4. The first-order chi connectivity index (χ1) is 16.1. The third kappa shape index (κ3) is 8.46. The molecule has 0 aliphatic carbocycles. The van der Waals surface area contributed by atoms with Gasteiger partial charge < -0.3 is 20.9 Å². The Morgan fingerprint density at radius 3 is 2.12 bits per heavy atom. The van der Waals surface area contributed by atoms with Crippen molar-refractivity contribution in [2.45, 2.75) is 32.7 Å². The number of benzene rings is 3. The Labute approximate surface area is 196 Å². The van der Waals surface area contributed by atoms with Crippen molar-refractivity contribution < 1.29 is 28.2 Å². The second-order valence-electron chi connectivity index (χ2n) is 7.54. The number of nitrogens with one attached hydrogen (secondary N) is 2. The first kappa shape index (κ1) is 26.8. The first-order valence-corrected chi connectivity index (χ1v) is 10.5. The van der Waals surface area contributed by atoms with E-state index < -0.39 is 24.3 Å². The van der Waals surface area contributed by atoms with E-state index in [-0.39, 0.29) is 17.5 Å². The molecule has 4 N–H and O–H groups in total. The van der Waals surface area contributed by atoms with Gasteiger partial charge >= 0.3 is 12.1 Å². The third-order valence-electron chi connectivity index (χ3n) is 4.89. The van der Waals surface area contributed by atoms with E-state index in [1.807, 2.05) is 24.3 Å². The lowest BCUT2D eigenvalue weighted by molar-refractivity contribution is -0.138. The molecule has 34 heavy (non-hydrogen) atoms. The van der Waals surface area contributed by atoms with Crippen molar-refractivity contribution in [3.63, 3.8) is 0 Å². The van der Waals surface area contributed by atoms with E-state index in [1.165, 1.54) is 12.1 Å². The van der Waals surface area contributed by atoms with Gasteiger partial charge in [0.05, 0.1) is 18.6 Å². The van der Waals surface area contributed by atoms with Gasteiger partial charge in [-0.3, -0.25) is 4.79 Å². The Kier molecular flexibility index (Phi) is 9.97. The molecule has 5 nitrogen and oxygen atoms in total. The quantitative estimate of drug-likeness (QED) is 0.257. The number of aliphatic hydroxyl groups excluding tert-OH is 1. The van der Waals surface area contributed by atoms with Gasteiger partial charge in [-0.15, -0.1) is 0 Å². The standard InChI is InChI=1S/C14H11F3O.C12H16N2O2/c15-14(16,17)13-8-10(9-18)6-7-12(13)11-4-2-1-3-5-11;1-9(13)11-4-2-10(3-5-11)8-14-7-6-12(15)16/h1-8,18H,9H2;2-5,13-14H,6-8H2,1H3,(H,15,16). The number of hydrogen-bond acceptors (Lipinski definition) is 4. The van der Waals surface area contributed by atoms with Gasteiger partial charge in [-0.2, -0.15) is 13.2 Å². The molecule has 0 saturated carbocycles. The first-order valence-electron chi connectivity index (χ1n) is 10.5. The molecule has 0 spiro atoms. The summed E-state index contributed by atoms with van der Waals surface area (Å²) in [5, 5.41) is 27.9. The van der Waals surface area contributed by atoms with Crippen LogP contribution in [-0.4, -0.2) is 28.4 Å². The largest absolute Gasteiger partial charge is 0.481 e. The zero-order valence-electron chi connectivity index (χ0n) is 18.7. The lowest BCUT2D eigenvalue weighted by Gasteiger charge is -2.14. The topological polar surface area (TPSA) is 93.4 Å². The lowest BCUT2D eigenvalue weighted by Crippen LogP contribution is -2.17. The summed E-state index contributed by atoms with van der Waals surface area (Å²) >= 11 is 0. The Balaban J connectivity index is 0.000000242. The summed E-state index contributed by atoms with van der Waals surface area (Å²) in [5.41, 5.74) is 2.71. The molecule has 180 valence electrons. The van der Waals surface area contributed by atoms with E-state index in [0.717, 1.165) is 17.2 Å². The van der Waals surface area contributed by atoms with Crippen LogP contribution >= 0.6 is 0 Å². The molecule has 3 aromatic carbocycles. The van der Waals surface area contributed by atoms with Gasteiger partial charge in [0.15, 0.2) is 0 Å². The fourth-order valence-electron chi connectivity index (χ4n) is 3.09. The maximum absolute atomic E-state index is 13.0. The number of carboxylic acids is 1. The molecule has 0 aromatic heterocycles. The SMILES string of the molecule is CC(=N)c1ccc(CNCCC(=O)O)cc1.OCc1ccc(-c2ccccc2)c(C(F)(F)F)c1. The Hall–Kier alpha value is -3.49. The van der Waals surface area contributed by atoms with Crippen LogP contribution in [0, 0.1) is 5.41 Å². The minimum atomic E-state index is -4.43. The van der Waals surface area contributed by atoms with Crippen LogP contribution in [0.1, 0.15) is 35.6 Å². The highest BCUT2D eigenvalue weighted by atomic mass is 19.4. The van der Waals surface area contributed by atoms with Crippen molar-refractivity contribution in [3.8, 4) is 11.1 Å². The number of aliphatic carboxylic acids is 1. The molecule has 0 unspecified atom stereocenters. The van der Waals surface area contributed by atoms with Gasteiger partial charge in [0.2, 0.25) is 0 Å². The fraction of sp³-hybridized carbons (Fsp3) is 0.231. The smallest absolute Gasteiger partial charge is 0.417 e. The summed E-state index contributed by atoms with van der Waals surface area (Å²) in [6.45, 7) is 2.48. The molecule has 0 aliphatic heterocycles. The Bertz CT molecular complexity index is 1080. The molecule has 0 bridgehead atoms. The monoisotopic (exact) mass is 472 g/mol. The normalized spacial score (nSPS) is 10.9. The van der Waals surface area contributed by atoms with Gasteiger partial charge in [0, 0.05) is 18.8 Å². The van der Waals surface area contributed by atoms with Crippen LogP contribution in [0.5, 0.6) is 0 Å². The minimum Gasteiger partial charge on any atom is -0.481 e. The predicted octanol–water partition coefficient (Wildman–Crippen LogP) is 5.50. The van der Waals surface area contributed by atoms with E-state index in [1.54, 1.807) is 37.3 Å². The summed E-state index contributed by atoms with van der Waals surface area (Å²) in [4.78, 5) is 10.3. The van der Waals surface area contributed by atoms with E-state index in [9.17, 15) is 18.0 Å². The molecule has 0 atom stereocenters. The van der Waals surface area contributed by atoms with Gasteiger partial charge in [-0.25, -0.2) is 0 Å². The van der Waals surface area contributed by atoms with Gasteiger partial charge in [-0.05, 0) is 40.8 Å². The second-order valence-corrected chi connectivity index (χ2v) is 7.54. The van der Waals surface area contributed by atoms with E-state index in [0.29, 0.717) is 24.4 Å². The highest BCUT2D eigenvalue weighted by Gasteiger charge is 2.33. The lowest BCUT2D eigenvalue weighted by atomic mass is 9.97. The van der Waals surface area contributed by atoms with Crippen LogP contribution in [-0.2, 0) is 24.1 Å². The number of rotatable bonds is 8. The maximum atomic E-state index is 13.0. The van der Waals surface area contributed by atoms with Crippen molar-refractivity contribution in [2.75, 3.05) is 6.54 Å². The highest BCUT2D eigenvalue weighted by Crippen LogP contribution is 2.37. The van der Waals surface area contributed by atoms with E-state index >= 15 is 0 Å². The highest BCUT2D eigenvalue weighted by molar-refractivity contribution is 5.96. The average Bonchev–Trinajstić information content (AvgIpc) is 2.82. The molecule has 3 aromatic rings. The zero-order chi connectivity index (χ0) is 25.1. The summed E-state index contributed by atoms with van der Waals surface area (Å²) < 4.78 is 38.9. The second kappa shape index (κ2) is 12.7. The van der Waals surface area contributed by atoms with Crippen molar-refractivity contribution in [1.82, 2.24) is 5.32 Å². The number of alkyl halides is 3. The van der Waals surface area contributed by atoms with Gasteiger partial charge in [0.1, 0.15) is 0 Å². The van der Waals surface area contributed by atoms with Crippen molar-refractivity contribution in [2.24, 2.45) is 0 Å². The molecule has 0 saturated heterocycles. The number of carbonyl (C=O) groups is 1. The van der Waals surface area contributed by atoms with Crippen LogP contribution in [0.3, 0.4) is 0 Å². The zero-order valence-corrected chi connectivity index (χ0v) is 18.7. The van der Waals surface area contributed by atoms with E-state index in [2.05, 4.69) is 5.32 Å². The fourth-order valence-corrected chi connectivity index (χ4v) is 3.09. The molecular formula is C26H27F3N2O3. The summed E-state index contributed by atoms with van der Waals surface area (Å²) in [6, 6.07) is 20.0.